The quantitative estimate of drug-likeness (QED) is 0.238. The fraction of sp³-hybridized carbons (Fsp3) is 0.240. The summed E-state index contributed by atoms with van der Waals surface area (Å²) in [4.78, 5) is 61.4. The van der Waals surface area contributed by atoms with E-state index in [1.807, 2.05) is 6.92 Å². The molecule has 194 valence electrons. The number of anilines is 1. The van der Waals surface area contributed by atoms with Crippen LogP contribution in [-0.4, -0.2) is 58.8 Å². The highest BCUT2D eigenvalue weighted by molar-refractivity contribution is 8.18. The first-order chi connectivity index (χ1) is 17.7. The van der Waals surface area contributed by atoms with Crippen molar-refractivity contribution in [2.75, 3.05) is 25.1 Å². The number of aliphatic carboxylic acids is 1. The number of thioether (sulfide) groups is 1. The van der Waals surface area contributed by atoms with Crippen LogP contribution in [0.1, 0.15) is 35.7 Å². The van der Waals surface area contributed by atoms with Crippen molar-refractivity contribution in [2.45, 2.75) is 19.8 Å². The number of imide groups is 1. The lowest BCUT2D eigenvalue weighted by atomic mass is 10.2. The summed E-state index contributed by atoms with van der Waals surface area (Å²) in [5, 5.41) is 10.8. The van der Waals surface area contributed by atoms with Gasteiger partial charge in [-0.15, -0.1) is 0 Å². The second-order valence-corrected chi connectivity index (χ2v) is 9.15. The highest BCUT2D eigenvalue weighted by atomic mass is 35.5. The number of halogens is 1. The van der Waals surface area contributed by atoms with Gasteiger partial charge in [-0.3, -0.25) is 19.3 Å². The van der Waals surface area contributed by atoms with E-state index < -0.39 is 42.1 Å². The number of rotatable bonds is 11. The summed E-state index contributed by atoms with van der Waals surface area (Å²) in [6.45, 7) is 1.20. The van der Waals surface area contributed by atoms with Crippen LogP contribution in [-0.2, 0) is 19.1 Å². The van der Waals surface area contributed by atoms with Gasteiger partial charge < -0.3 is 19.9 Å². The predicted octanol–water partition coefficient (Wildman–Crippen LogP) is 4.44. The minimum absolute atomic E-state index is 0.0871. The molecule has 0 unspecified atom stereocenters. The molecule has 1 aliphatic heterocycles. The number of carboxylic acids is 1. The lowest BCUT2D eigenvalue weighted by Gasteiger charge is -2.13. The molecule has 0 radical (unpaired) electrons. The van der Waals surface area contributed by atoms with Crippen molar-refractivity contribution in [2.24, 2.45) is 0 Å². The maximum Gasteiger partial charge on any atom is 0.341 e. The van der Waals surface area contributed by atoms with Gasteiger partial charge in [0.05, 0.1) is 22.1 Å². The summed E-state index contributed by atoms with van der Waals surface area (Å²) in [5.41, 5.74) is 0.922. The number of nitrogens with zero attached hydrogens (tertiary/aromatic N) is 1. The molecule has 3 rings (SSSR count). The largest absolute Gasteiger partial charge is 0.482 e. The van der Waals surface area contributed by atoms with Crippen LogP contribution in [0.4, 0.5) is 10.5 Å². The summed E-state index contributed by atoms with van der Waals surface area (Å²) < 4.78 is 10.2. The lowest BCUT2D eigenvalue weighted by Crippen LogP contribution is -2.36. The second kappa shape index (κ2) is 12.9. The zero-order valence-corrected chi connectivity index (χ0v) is 21.3. The van der Waals surface area contributed by atoms with Gasteiger partial charge >= 0.3 is 11.9 Å². The number of benzene rings is 2. The molecule has 1 saturated heterocycles. The zero-order chi connectivity index (χ0) is 26.9. The highest BCUT2D eigenvalue weighted by Gasteiger charge is 2.36. The van der Waals surface area contributed by atoms with Gasteiger partial charge in [-0.05, 0) is 60.2 Å². The monoisotopic (exact) mass is 546 g/mol. The molecule has 1 aliphatic rings. The first kappa shape index (κ1) is 27.8. The van der Waals surface area contributed by atoms with Gasteiger partial charge in [0.15, 0.2) is 6.61 Å². The molecular weight excluding hydrogens is 524 g/mol. The Morgan fingerprint density at radius 1 is 1.14 bits per heavy atom. The van der Waals surface area contributed by atoms with Gasteiger partial charge in [-0.2, -0.15) is 0 Å². The molecule has 0 aliphatic carbocycles. The standard InChI is InChI=1S/C25H23ClN2O8S/c1-2-3-10-35-24(33)18-12-16(6-9-19(18)26)27-21(29)13-28-23(32)20(37-25(28)34)11-15-4-7-17(8-5-15)36-14-22(30)31/h4-9,11-12H,2-3,10,13-14H2,1H3,(H,27,29)(H,30,31)/b20-11+. The summed E-state index contributed by atoms with van der Waals surface area (Å²) in [6.07, 6.45) is 3.05. The fourth-order valence-electron chi connectivity index (χ4n) is 3.08. The molecule has 0 spiro atoms. The summed E-state index contributed by atoms with van der Waals surface area (Å²) in [6, 6.07) is 10.6. The molecule has 2 N–H and O–H groups in total. The number of hydrogen-bond donors (Lipinski definition) is 2. The molecule has 0 bridgehead atoms. The fourth-order valence-corrected chi connectivity index (χ4v) is 4.12. The predicted molar refractivity (Wildman–Crippen MR) is 138 cm³/mol. The Labute approximate surface area is 221 Å². The number of carbonyl (C=O) groups is 5. The average molecular weight is 547 g/mol. The van der Waals surface area contributed by atoms with E-state index in [1.54, 1.807) is 12.1 Å². The Hall–Kier alpha value is -3.83. The van der Waals surface area contributed by atoms with E-state index in [9.17, 15) is 24.0 Å². The van der Waals surface area contributed by atoms with Crippen molar-refractivity contribution >= 4 is 64.1 Å². The van der Waals surface area contributed by atoms with Gasteiger partial charge in [0.2, 0.25) is 5.91 Å². The first-order valence-electron chi connectivity index (χ1n) is 11.1. The molecule has 10 nitrogen and oxygen atoms in total. The Morgan fingerprint density at radius 2 is 1.86 bits per heavy atom. The Bertz CT molecular complexity index is 1250. The van der Waals surface area contributed by atoms with E-state index in [-0.39, 0.29) is 27.8 Å². The van der Waals surface area contributed by atoms with E-state index in [2.05, 4.69) is 5.32 Å². The number of nitrogens with one attached hydrogen (secondary N) is 1. The molecular formula is C25H23ClN2O8S. The van der Waals surface area contributed by atoms with Crippen LogP contribution in [0.25, 0.3) is 6.08 Å². The molecule has 2 aromatic carbocycles. The smallest absolute Gasteiger partial charge is 0.341 e. The van der Waals surface area contributed by atoms with Gasteiger partial charge in [-0.25, -0.2) is 9.59 Å². The Balaban J connectivity index is 1.62. The third-order valence-corrected chi connectivity index (χ3v) is 6.15. The van der Waals surface area contributed by atoms with E-state index in [1.165, 1.54) is 36.4 Å². The number of carbonyl (C=O) groups excluding carboxylic acids is 4. The van der Waals surface area contributed by atoms with Crippen molar-refractivity contribution in [3.63, 3.8) is 0 Å². The van der Waals surface area contributed by atoms with E-state index in [0.29, 0.717) is 29.5 Å². The molecule has 0 saturated carbocycles. The summed E-state index contributed by atoms with van der Waals surface area (Å²) >= 11 is 6.78. The molecule has 3 amide bonds. The lowest BCUT2D eigenvalue weighted by molar-refractivity contribution is -0.139. The number of carboxylic acid groups (broad SMARTS) is 1. The first-order valence-corrected chi connectivity index (χ1v) is 12.3. The number of esters is 1. The van der Waals surface area contributed by atoms with Crippen LogP contribution in [0.5, 0.6) is 5.75 Å². The second-order valence-electron chi connectivity index (χ2n) is 7.75. The Kier molecular flexibility index (Phi) is 9.70. The number of ether oxygens (including phenoxy) is 2. The van der Waals surface area contributed by atoms with Gasteiger partial charge in [0, 0.05) is 5.69 Å². The van der Waals surface area contributed by atoms with Crippen molar-refractivity contribution in [3.05, 3.63) is 63.5 Å². The van der Waals surface area contributed by atoms with Crippen molar-refractivity contribution in [3.8, 4) is 5.75 Å². The number of unbranched alkanes of at least 4 members (excludes halogenated alkanes) is 1. The Morgan fingerprint density at radius 3 is 2.54 bits per heavy atom. The van der Waals surface area contributed by atoms with E-state index in [4.69, 9.17) is 26.2 Å². The maximum atomic E-state index is 12.7. The van der Waals surface area contributed by atoms with Crippen molar-refractivity contribution in [1.82, 2.24) is 4.90 Å². The molecule has 2 aromatic rings. The topological polar surface area (TPSA) is 139 Å². The third-order valence-electron chi connectivity index (χ3n) is 4.92. The van der Waals surface area contributed by atoms with Gasteiger partial charge in [0.25, 0.3) is 11.1 Å². The SMILES string of the molecule is CCCCOC(=O)c1cc(NC(=O)CN2C(=O)S/C(=C/c3ccc(OCC(=O)O)cc3)C2=O)ccc1Cl. The zero-order valence-electron chi connectivity index (χ0n) is 19.7. The normalized spacial score (nSPS) is 14.1. The summed E-state index contributed by atoms with van der Waals surface area (Å²) in [5.74, 6) is -2.66. The minimum Gasteiger partial charge on any atom is -0.482 e. The van der Waals surface area contributed by atoms with Crippen LogP contribution in [0.15, 0.2) is 47.4 Å². The van der Waals surface area contributed by atoms with Crippen LogP contribution < -0.4 is 10.1 Å². The molecule has 37 heavy (non-hydrogen) atoms. The third kappa shape index (κ3) is 7.83. The molecule has 12 heteroatoms. The van der Waals surface area contributed by atoms with Crippen LogP contribution in [0.3, 0.4) is 0 Å². The minimum atomic E-state index is -1.11. The molecule has 1 heterocycles. The molecule has 0 aromatic heterocycles. The van der Waals surface area contributed by atoms with Crippen LogP contribution in [0, 0.1) is 0 Å². The van der Waals surface area contributed by atoms with Crippen molar-refractivity contribution < 1.29 is 38.6 Å². The van der Waals surface area contributed by atoms with E-state index in [0.717, 1.165) is 11.3 Å². The molecule has 1 fully saturated rings. The summed E-state index contributed by atoms with van der Waals surface area (Å²) in [7, 11) is 0. The number of amides is 3. The molecule has 0 atom stereocenters. The highest BCUT2D eigenvalue weighted by Crippen LogP contribution is 2.32. The average Bonchev–Trinajstić information content (AvgIpc) is 3.12. The van der Waals surface area contributed by atoms with Gasteiger partial charge in [0.1, 0.15) is 12.3 Å². The van der Waals surface area contributed by atoms with Crippen molar-refractivity contribution in [1.29, 1.82) is 0 Å². The maximum absolute atomic E-state index is 12.7. The number of hydrogen-bond acceptors (Lipinski definition) is 8. The van der Waals surface area contributed by atoms with Crippen LogP contribution >= 0.6 is 23.4 Å². The van der Waals surface area contributed by atoms with Gasteiger partial charge in [-0.1, -0.05) is 37.1 Å². The van der Waals surface area contributed by atoms with E-state index >= 15 is 0 Å². The van der Waals surface area contributed by atoms with Crippen LogP contribution in [0.2, 0.25) is 5.02 Å².